The molecule has 3 aromatic carbocycles. The lowest BCUT2D eigenvalue weighted by Crippen LogP contribution is -2.21. The number of nitrogens with one attached hydrogen (secondary N) is 2. The molecule has 2 N–H and O–H groups in total. The number of rotatable bonds is 12. The molecule has 31 heavy (non-hydrogen) atoms. The third-order valence-electron chi connectivity index (χ3n) is 4.39. The summed E-state index contributed by atoms with van der Waals surface area (Å²) in [5.74, 6) is 1.39. The maximum Gasteiger partial charge on any atom is 0.243 e. The molecule has 6 heteroatoms. The predicted octanol–water partition coefficient (Wildman–Crippen LogP) is 4.73. The smallest absolute Gasteiger partial charge is 0.243 e. The molecule has 0 unspecified atom stereocenters. The summed E-state index contributed by atoms with van der Waals surface area (Å²) in [5, 5.41) is 5.97. The van der Waals surface area contributed by atoms with E-state index in [1.807, 2.05) is 85.8 Å². The Morgan fingerprint density at radius 3 is 2.10 bits per heavy atom. The molecule has 0 radical (unpaired) electrons. The summed E-state index contributed by atoms with van der Waals surface area (Å²) in [5.41, 5.74) is 2.67. The Hall–Kier alpha value is -3.51. The van der Waals surface area contributed by atoms with Gasteiger partial charge in [0.1, 0.15) is 24.7 Å². The monoisotopic (exact) mass is 420 g/mol. The van der Waals surface area contributed by atoms with Gasteiger partial charge in [-0.05, 0) is 61.0 Å². The van der Waals surface area contributed by atoms with Gasteiger partial charge in [-0.15, -0.1) is 0 Å². The normalized spacial score (nSPS) is 10.4. The van der Waals surface area contributed by atoms with Crippen LogP contribution in [0.4, 0.5) is 11.4 Å². The van der Waals surface area contributed by atoms with E-state index < -0.39 is 0 Å². The summed E-state index contributed by atoms with van der Waals surface area (Å²) in [6.07, 6.45) is 0. The van der Waals surface area contributed by atoms with Gasteiger partial charge in [-0.2, -0.15) is 0 Å². The van der Waals surface area contributed by atoms with Crippen LogP contribution in [0.15, 0.2) is 78.9 Å². The van der Waals surface area contributed by atoms with Crippen molar-refractivity contribution in [2.24, 2.45) is 0 Å². The van der Waals surface area contributed by atoms with Crippen LogP contribution >= 0.6 is 0 Å². The first kappa shape index (κ1) is 22.2. The fourth-order valence-corrected chi connectivity index (χ4v) is 2.79. The van der Waals surface area contributed by atoms with Gasteiger partial charge in [0.2, 0.25) is 5.91 Å². The van der Waals surface area contributed by atoms with E-state index in [0.29, 0.717) is 26.4 Å². The second-order valence-corrected chi connectivity index (χ2v) is 6.77. The van der Waals surface area contributed by atoms with E-state index in [1.54, 1.807) is 0 Å². The quantitative estimate of drug-likeness (QED) is 0.415. The zero-order valence-electron chi connectivity index (χ0n) is 17.7. The molecule has 0 bridgehead atoms. The van der Waals surface area contributed by atoms with Gasteiger partial charge in [0.15, 0.2) is 0 Å². The predicted molar refractivity (Wildman–Crippen MR) is 123 cm³/mol. The highest BCUT2D eigenvalue weighted by atomic mass is 16.5. The van der Waals surface area contributed by atoms with Gasteiger partial charge in [-0.25, -0.2) is 0 Å². The second-order valence-electron chi connectivity index (χ2n) is 6.77. The van der Waals surface area contributed by atoms with Gasteiger partial charge in [0.25, 0.3) is 0 Å². The van der Waals surface area contributed by atoms with Crippen molar-refractivity contribution in [3.8, 4) is 11.5 Å². The lowest BCUT2D eigenvalue weighted by Gasteiger charge is -2.10. The van der Waals surface area contributed by atoms with Gasteiger partial charge < -0.3 is 24.8 Å². The topological polar surface area (TPSA) is 68.8 Å². The van der Waals surface area contributed by atoms with E-state index in [4.69, 9.17) is 14.2 Å². The largest absolute Gasteiger partial charge is 0.491 e. The molecule has 3 aromatic rings. The van der Waals surface area contributed by atoms with Gasteiger partial charge in [-0.1, -0.05) is 30.3 Å². The third-order valence-corrected chi connectivity index (χ3v) is 4.39. The molecule has 0 saturated heterocycles. The van der Waals surface area contributed by atoms with Crippen molar-refractivity contribution in [2.45, 2.75) is 13.5 Å². The SMILES string of the molecule is CCOCCOc1ccc(NCC(=O)Nc2ccc(OCc3ccccc3)cc2)cc1. The highest BCUT2D eigenvalue weighted by molar-refractivity contribution is 5.93. The van der Waals surface area contributed by atoms with Crippen LogP contribution in [0.2, 0.25) is 0 Å². The van der Waals surface area contributed by atoms with E-state index >= 15 is 0 Å². The molecule has 3 rings (SSSR count). The number of amides is 1. The number of ether oxygens (including phenoxy) is 3. The van der Waals surface area contributed by atoms with Crippen LogP contribution in [-0.2, 0) is 16.1 Å². The first-order valence-corrected chi connectivity index (χ1v) is 10.3. The second kappa shape index (κ2) is 12.2. The molecule has 162 valence electrons. The van der Waals surface area contributed by atoms with Gasteiger partial charge in [-0.3, -0.25) is 4.79 Å². The number of carbonyl (C=O) groups excluding carboxylic acids is 1. The molecule has 0 heterocycles. The minimum atomic E-state index is -0.130. The van der Waals surface area contributed by atoms with E-state index in [0.717, 1.165) is 28.4 Å². The first-order chi connectivity index (χ1) is 15.2. The molecule has 0 saturated carbocycles. The standard InChI is InChI=1S/C25H28N2O4/c1-2-29-16-17-30-23-12-8-21(9-13-23)26-18-25(28)27-22-10-14-24(15-11-22)31-19-20-6-4-3-5-7-20/h3-15,26H,2,16-19H2,1H3,(H,27,28). The number of hydrogen-bond donors (Lipinski definition) is 2. The van der Waals surface area contributed by atoms with E-state index in [-0.39, 0.29) is 12.5 Å². The molecule has 0 fully saturated rings. The van der Waals surface area contributed by atoms with Gasteiger partial charge in [0.05, 0.1) is 13.2 Å². The van der Waals surface area contributed by atoms with Crippen LogP contribution in [-0.4, -0.2) is 32.3 Å². The molecular formula is C25H28N2O4. The molecule has 0 spiro atoms. The number of anilines is 2. The Labute approximate surface area is 183 Å². The van der Waals surface area contributed by atoms with Gasteiger partial charge >= 0.3 is 0 Å². The summed E-state index contributed by atoms with van der Waals surface area (Å²) >= 11 is 0. The Bertz CT molecular complexity index is 913. The summed E-state index contributed by atoms with van der Waals surface area (Å²) < 4.78 is 16.6. The van der Waals surface area contributed by atoms with Crippen molar-refractivity contribution in [3.05, 3.63) is 84.4 Å². The zero-order chi connectivity index (χ0) is 21.7. The summed E-state index contributed by atoms with van der Waals surface area (Å²) in [6.45, 7) is 4.38. The van der Waals surface area contributed by atoms with Crippen molar-refractivity contribution in [1.82, 2.24) is 0 Å². The highest BCUT2D eigenvalue weighted by Crippen LogP contribution is 2.18. The summed E-state index contributed by atoms with van der Waals surface area (Å²) in [7, 11) is 0. The summed E-state index contributed by atoms with van der Waals surface area (Å²) in [4.78, 5) is 12.2. The van der Waals surface area contributed by atoms with Crippen LogP contribution in [0.25, 0.3) is 0 Å². The Morgan fingerprint density at radius 1 is 0.774 bits per heavy atom. The van der Waals surface area contributed by atoms with Crippen LogP contribution in [0.5, 0.6) is 11.5 Å². The lowest BCUT2D eigenvalue weighted by molar-refractivity contribution is -0.114. The molecule has 0 aliphatic carbocycles. The maximum atomic E-state index is 12.2. The molecule has 0 aliphatic heterocycles. The van der Waals surface area contributed by atoms with Crippen molar-refractivity contribution < 1.29 is 19.0 Å². The van der Waals surface area contributed by atoms with Crippen molar-refractivity contribution >= 4 is 17.3 Å². The first-order valence-electron chi connectivity index (χ1n) is 10.3. The molecule has 0 atom stereocenters. The van der Waals surface area contributed by atoms with E-state index in [9.17, 15) is 4.79 Å². The molecule has 6 nitrogen and oxygen atoms in total. The fourth-order valence-electron chi connectivity index (χ4n) is 2.79. The summed E-state index contributed by atoms with van der Waals surface area (Å²) in [6, 6.07) is 24.8. The molecule has 0 aromatic heterocycles. The Balaban J connectivity index is 1.38. The van der Waals surface area contributed by atoms with Crippen LogP contribution in [0.3, 0.4) is 0 Å². The Morgan fingerprint density at radius 2 is 1.42 bits per heavy atom. The van der Waals surface area contributed by atoms with Crippen LogP contribution in [0.1, 0.15) is 12.5 Å². The zero-order valence-corrected chi connectivity index (χ0v) is 17.7. The molecule has 0 aliphatic rings. The molecule has 1 amide bonds. The minimum Gasteiger partial charge on any atom is -0.491 e. The van der Waals surface area contributed by atoms with Gasteiger partial charge in [0, 0.05) is 18.0 Å². The third kappa shape index (κ3) is 8.03. The van der Waals surface area contributed by atoms with E-state index in [1.165, 1.54) is 0 Å². The average Bonchev–Trinajstić information content (AvgIpc) is 2.81. The van der Waals surface area contributed by atoms with Crippen molar-refractivity contribution in [1.29, 1.82) is 0 Å². The number of carbonyl (C=O) groups is 1. The van der Waals surface area contributed by atoms with Crippen molar-refractivity contribution in [3.63, 3.8) is 0 Å². The fraction of sp³-hybridized carbons (Fsp3) is 0.240. The minimum absolute atomic E-state index is 0.130. The Kier molecular flexibility index (Phi) is 8.76. The van der Waals surface area contributed by atoms with Crippen LogP contribution in [0, 0.1) is 0 Å². The average molecular weight is 421 g/mol. The highest BCUT2D eigenvalue weighted by Gasteiger charge is 2.04. The maximum absolute atomic E-state index is 12.2. The van der Waals surface area contributed by atoms with E-state index in [2.05, 4.69) is 10.6 Å². The lowest BCUT2D eigenvalue weighted by atomic mass is 10.2. The number of benzene rings is 3. The van der Waals surface area contributed by atoms with Crippen molar-refractivity contribution in [2.75, 3.05) is 37.0 Å². The van der Waals surface area contributed by atoms with Crippen LogP contribution < -0.4 is 20.1 Å². The number of hydrogen-bond acceptors (Lipinski definition) is 5. The molecular weight excluding hydrogens is 392 g/mol.